The van der Waals surface area contributed by atoms with Crippen LogP contribution in [0.3, 0.4) is 0 Å². The zero-order valence-electron chi connectivity index (χ0n) is 16.6. The van der Waals surface area contributed by atoms with E-state index in [2.05, 4.69) is 10.6 Å². The first-order valence-electron chi connectivity index (χ1n) is 10.3. The molecule has 2 amide bonds. The maximum atomic E-state index is 12.9. The lowest BCUT2D eigenvalue weighted by molar-refractivity contribution is -0.384. The van der Waals surface area contributed by atoms with Gasteiger partial charge < -0.3 is 15.5 Å². The highest BCUT2D eigenvalue weighted by atomic mass is 16.6. The van der Waals surface area contributed by atoms with Crippen molar-refractivity contribution in [1.82, 2.24) is 4.90 Å². The molecule has 4 rings (SSSR count). The lowest BCUT2D eigenvalue weighted by atomic mass is 10.1. The Bertz CT molecular complexity index is 981. The number of rotatable bonds is 6. The Kier molecular flexibility index (Phi) is 5.65. The van der Waals surface area contributed by atoms with Crippen molar-refractivity contribution in [3.63, 3.8) is 0 Å². The average Bonchev–Trinajstić information content (AvgIpc) is 3.58. The Hall–Kier alpha value is -3.42. The SMILES string of the molecule is O=C(Nc1ccccc1C(=O)N1CCCCC1)c1ccc(NC2CC2)c([N+](=O)[O-])c1. The fraction of sp³-hybridized carbons (Fsp3) is 0.364. The lowest BCUT2D eigenvalue weighted by Gasteiger charge is -2.27. The van der Waals surface area contributed by atoms with Gasteiger partial charge in [-0.25, -0.2) is 0 Å². The van der Waals surface area contributed by atoms with Gasteiger partial charge in [-0.3, -0.25) is 19.7 Å². The van der Waals surface area contributed by atoms with E-state index in [1.165, 1.54) is 6.07 Å². The van der Waals surface area contributed by atoms with E-state index in [9.17, 15) is 19.7 Å². The van der Waals surface area contributed by atoms with Crippen LogP contribution in [0.15, 0.2) is 42.5 Å². The van der Waals surface area contributed by atoms with Gasteiger partial charge in [0.05, 0.1) is 16.2 Å². The van der Waals surface area contributed by atoms with E-state index >= 15 is 0 Å². The number of carbonyl (C=O) groups is 2. The minimum atomic E-state index is -0.491. The molecular weight excluding hydrogens is 384 g/mol. The van der Waals surface area contributed by atoms with Gasteiger partial charge >= 0.3 is 0 Å². The first-order valence-corrected chi connectivity index (χ1v) is 10.3. The molecule has 0 spiro atoms. The molecule has 1 saturated heterocycles. The van der Waals surface area contributed by atoms with Crippen LogP contribution in [0.25, 0.3) is 0 Å². The van der Waals surface area contributed by atoms with Crippen molar-refractivity contribution in [2.75, 3.05) is 23.7 Å². The summed E-state index contributed by atoms with van der Waals surface area (Å²) in [5.41, 5.74) is 1.28. The highest BCUT2D eigenvalue weighted by Gasteiger charge is 2.26. The predicted molar refractivity (Wildman–Crippen MR) is 114 cm³/mol. The van der Waals surface area contributed by atoms with Crippen LogP contribution in [-0.2, 0) is 0 Å². The zero-order valence-corrected chi connectivity index (χ0v) is 16.6. The molecule has 156 valence electrons. The molecule has 0 atom stereocenters. The largest absolute Gasteiger partial charge is 0.377 e. The number of nitrogens with one attached hydrogen (secondary N) is 2. The molecule has 1 saturated carbocycles. The molecule has 2 aromatic rings. The summed E-state index contributed by atoms with van der Waals surface area (Å²) < 4.78 is 0. The zero-order chi connectivity index (χ0) is 21.1. The van der Waals surface area contributed by atoms with Crippen LogP contribution in [0.1, 0.15) is 52.8 Å². The maximum Gasteiger partial charge on any atom is 0.293 e. The summed E-state index contributed by atoms with van der Waals surface area (Å²) in [6, 6.07) is 11.5. The molecule has 2 fully saturated rings. The van der Waals surface area contributed by atoms with E-state index in [1.54, 1.807) is 41.3 Å². The highest BCUT2D eigenvalue weighted by molar-refractivity contribution is 6.09. The number of nitrogens with zero attached hydrogens (tertiary/aromatic N) is 2. The number of hydrogen-bond acceptors (Lipinski definition) is 5. The number of hydrogen-bond donors (Lipinski definition) is 2. The van der Waals surface area contributed by atoms with E-state index in [0.717, 1.165) is 32.1 Å². The smallest absolute Gasteiger partial charge is 0.293 e. The molecule has 2 aliphatic rings. The van der Waals surface area contributed by atoms with E-state index in [0.29, 0.717) is 30.0 Å². The van der Waals surface area contributed by atoms with Gasteiger partial charge in [0.1, 0.15) is 5.69 Å². The number of nitro groups is 1. The van der Waals surface area contributed by atoms with Crippen molar-refractivity contribution in [3.05, 3.63) is 63.7 Å². The number of anilines is 2. The second-order valence-corrected chi connectivity index (χ2v) is 7.76. The number of amides is 2. The maximum absolute atomic E-state index is 12.9. The van der Waals surface area contributed by atoms with E-state index < -0.39 is 10.8 Å². The summed E-state index contributed by atoms with van der Waals surface area (Å²) in [4.78, 5) is 38.5. The standard InChI is InChI=1S/C22H24N4O4/c27-21(15-8-11-19(23-16-9-10-16)20(14-15)26(29)30)24-18-7-3-2-6-17(18)22(28)25-12-4-1-5-13-25/h2-3,6-8,11,14,16,23H,1,4-5,9-10,12-13H2,(H,24,27). The average molecular weight is 408 g/mol. The number of likely N-dealkylation sites (tertiary alicyclic amines) is 1. The van der Waals surface area contributed by atoms with Gasteiger partial charge in [0.25, 0.3) is 17.5 Å². The molecule has 0 bridgehead atoms. The molecule has 0 radical (unpaired) electrons. The topological polar surface area (TPSA) is 105 Å². The third-order valence-corrected chi connectivity index (χ3v) is 5.44. The van der Waals surface area contributed by atoms with Crippen molar-refractivity contribution in [2.24, 2.45) is 0 Å². The normalized spacial score (nSPS) is 16.1. The van der Waals surface area contributed by atoms with Crippen molar-refractivity contribution in [3.8, 4) is 0 Å². The molecule has 1 aliphatic heterocycles. The van der Waals surface area contributed by atoms with Gasteiger partial charge in [-0.05, 0) is 56.4 Å². The molecule has 0 unspecified atom stereocenters. The molecule has 1 heterocycles. The predicted octanol–water partition coefficient (Wildman–Crippen LogP) is 4.05. The second-order valence-electron chi connectivity index (χ2n) is 7.76. The fourth-order valence-electron chi connectivity index (χ4n) is 3.63. The summed E-state index contributed by atoms with van der Waals surface area (Å²) in [5, 5.41) is 17.3. The highest BCUT2D eigenvalue weighted by Crippen LogP contribution is 2.32. The fourth-order valence-corrected chi connectivity index (χ4v) is 3.63. The van der Waals surface area contributed by atoms with Gasteiger partial charge in [-0.1, -0.05) is 12.1 Å². The molecule has 30 heavy (non-hydrogen) atoms. The second kappa shape index (κ2) is 8.52. The Morgan fingerprint density at radius 2 is 1.73 bits per heavy atom. The van der Waals surface area contributed by atoms with E-state index in [-0.39, 0.29) is 23.2 Å². The van der Waals surface area contributed by atoms with Gasteiger partial charge in [-0.15, -0.1) is 0 Å². The first-order chi connectivity index (χ1) is 14.5. The molecule has 2 N–H and O–H groups in total. The molecule has 0 aromatic heterocycles. The number of nitro benzene ring substituents is 1. The minimum Gasteiger partial charge on any atom is -0.377 e. The molecule has 2 aromatic carbocycles. The Morgan fingerprint density at radius 1 is 1.00 bits per heavy atom. The van der Waals surface area contributed by atoms with Crippen molar-refractivity contribution < 1.29 is 14.5 Å². The van der Waals surface area contributed by atoms with Crippen LogP contribution >= 0.6 is 0 Å². The van der Waals surface area contributed by atoms with Crippen LogP contribution < -0.4 is 10.6 Å². The van der Waals surface area contributed by atoms with Crippen LogP contribution in [0.2, 0.25) is 0 Å². The van der Waals surface area contributed by atoms with Crippen molar-refractivity contribution in [1.29, 1.82) is 0 Å². The Balaban J connectivity index is 1.54. The summed E-state index contributed by atoms with van der Waals surface area (Å²) in [7, 11) is 0. The summed E-state index contributed by atoms with van der Waals surface area (Å²) in [6.07, 6.45) is 5.05. The van der Waals surface area contributed by atoms with Crippen LogP contribution in [0.4, 0.5) is 17.1 Å². The van der Waals surface area contributed by atoms with Gasteiger partial charge in [0.15, 0.2) is 0 Å². The van der Waals surface area contributed by atoms with Gasteiger partial charge in [0, 0.05) is 30.8 Å². The van der Waals surface area contributed by atoms with Crippen molar-refractivity contribution in [2.45, 2.75) is 38.1 Å². The van der Waals surface area contributed by atoms with Crippen LogP contribution in [0.5, 0.6) is 0 Å². The number of piperidine rings is 1. The van der Waals surface area contributed by atoms with Crippen LogP contribution in [-0.4, -0.2) is 40.8 Å². The number of benzene rings is 2. The molecule has 8 nitrogen and oxygen atoms in total. The van der Waals surface area contributed by atoms with Crippen LogP contribution in [0, 0.1) is 10.1 Å². The van der Waals surface area contributed by atoms with E-state index in [1.807, 2.05) is 0 Å². The summed E-state index contributed by atoms with van der Waals surface area (Å²) in [5.74, 6) is -0.601. The lowest BCUT2D eigenvalue weighted by Crippen LogP contribution is -2.36. The molecule has 8 heteroatoms. The summed E-state index contributed by atoms with van der Waals surface area (Å²) >= 11 is 0. The quantitative estimate of drug-likeness (QED) is 0.554. The van der Waals surface area contributed by atoms with Crippen molar-refractivity contribution >= 4 is 28.9 Å². The Labute approximate surface area is 174 Å². The first kappa shape index (κ1) is 19.9. The Morgan fingerprint density at radius 3 is 2.43 bits per heavy atom. The van der Waals surface area contributed by atoms with Gasteiger partial charge in [-0.2, -0.15) is 0 Å². The minimum absolute atomic E-state index is 0.111. The third kappa shape index (κ3) is 4.42. The number of carbonyl (C=O) groups excluding carboxylic acids is 2. The summed E-state index contributed by atoms with van der Waals surface area (Å²) in [6.45, 7) is 1.42. The third-order valence-electron chi connectivity index (χ3n) is 5.44. The monoisotopic (exact) mass is 408 g/mol. The molecular formula is C22H24N4O4. The van der Waals surface area contributed by atoms with E-state index in [4.69, 9.17) is 0 Å². The van der Waals surface area contributed by atoms with Gasteiger partial charge in [0.2, 0.25) is 0 Å². The molecule has 1 aliphatic carbocycles. The number of para-hydroxylation sites is 1.